The minimum Gasteiger partial charge on any atom is -0.356 e. The zero-order chi connectivity index (χ0) is 21.3. The topological polar surface area (TPSA) is 64.7 Å². The summed E-state index contributed by atoms with van der Waals surface area (Å²) in [5, 5.41) is 11.5. The van der Waals surface area contributed by atoms with Gasteiger partial charge in [0.1, 0.15) is 0 Å². The van der Waals surface area contributed by atoms with E-state index in [4.69, 9.17) is 11.6 Å². The second-order valence-corrected chi connectivity index (χ2v) is 8.04. The van der Waals surface area contributed by atoms with Crippen molar-refractivity contribution < 1.29 is 18.0 Å². The maximum Gasteiger partial charge on any atom is 0.435 e. The van der Waals surface area contributed by atoms with E-state index in [0.717, 1.165) is 30.3 Å². The highest BCUT2D eigenvalue weighted by Gasteiger charge is 2.37. The number of alkyl halides is 3. The molecule has 2 aromatic heterocycles. The summed E-state index contributed by atoms with van der Waals surface area (Å²) >= 11 is 6.13. The molecular formula is C19H25ClF3N5O. The molecule has 1 aliphatic carbocycles. The Hall–Kier alpha value is -2.03. The molecule has 10 heteroatoms. The first-order chi connectivity index (χ1) is 13.6. The van der Waals surface area contributed by atoms with E-state index in [1.54, 1.807) is 11.6 Å². The lowest BCUT2D eigenvalue weighted by molar-refractivity contribution is -0.141. The highest BCUT2D eigenvalue weighted by Crippen LogP contribution is 2.42. The minimum absolute atomic E-state index is 0.132. The van der Waals surface area contributed by atoms with Crippen LogP contribution in [0, 0.1) is 19.8 Å². The molecule has 2 aromatic rings. The second kappa shape index (κ2) is 8.38. The van der Waals surface area contributed by atoms with Crippen LogP contribution in [0.15, 0.2) is 6.07 Å². The van der Waals surface area contributed by atoms with Crippen molar-refractivity contribution >= 4 is 17.5 Å². The van der Waals surface area contributed by atoms with Gasteiger partial charge in [-0.05, 0) is 39.2 Å². The molecule has 0 aliphatic heterocycles. The van der Waals surface area contributed by atoms with Crippen LogP contribution in [0.1, 0.15) is 54.9 Å². The zero-order valence-electron chi connectivity index (χ0n) is 16.7. The number of hydrogen-bond acceptors (Lipinski definition) is 3. The van der Waals surface area contributed by atoms with Crippen LogP contribution in [0.25, 0.3) is 0 Å². The lowest BCUT2D eigenvalue weighted by Crippen LogP contribution is -2.33. The molecule has 0 saturated heterocycles. The molecule has 6 nitrogen and oxygen atoms in total. The Bertz CT molecular complexity index is 885. The number of aromatic nitrogens is 4. The van der Waals surface area contributed by atoms with Crippen molar-refractivity contribution in [2.24, 2.45) is 5.92 Å². The van der Waals surface area contributed by atoms with Gasteiger partial charge in [0, 0.05) is 24.7 Å². The SMILES string of the molecule is Cc1nn(CC(C)C(=O)NCCCn2nc(C(F)(F)F)cc2C2CC2)c(C)c1Cl. The summed E-state index contributed by atoms with van der Waals surface area (Å²) in [6, 6.07) is 1.15. The van der Waals surface area contributed by atoms with E-state index in [1.807, 2.05) is 13.8 Å². The summed E-state index contributed by atoms with van der Waals surface area (Å²) in [5.41, 5.74) is 1.33. The molecule has 1 unspecified atom stereocenters. The normalized spacial score (nSPS) is 15.6. The highest BCUT2D eigenvalue weighted by molar-refractivity contribution is 6.31. The van der Waals surface area contributed by atoms with Crippen molar-refractivity contribution in [3.05, 3.63) is 33.9 Å². The van der Waals surface area contributed by atoms with Crippen LogP contribution < -0.4 is 5.32 Å². The maximum atomic E-state index is 12.9. The van der Waals surface area contributed by atoms with E-state index >= 15 is 0 Å². The van der Waals surface area contributed by atoms with Gasteiger partial charge in [-0.1, -0.05) is 18.5 Å². The van der Waals surface area contributed by atoms with Crippen LogP contribution in [0.4, 0.5) is 13.2 Å². The van der Waals surface area contributed by atoms with Crippen LogP contribution in [0.5, 0.6) is 0 Å². The molecule has 1 N–H and O–H groups in total. The van der Waals surface area contributed by atoms with Crippen molar-refractivity contribution in [1.82, 2.24) is 24.9 Å². The molecule has 2 heterocycles. The summed E-state index contributed by atoms with van der Waals surface area (Å²) in [5.74, 6) is -0.277. The summed E-state index contributed by atoms with van der Waals surface area (Å²) in [7, 11) is 0. The first kappa shape index (κ1) is 21.7. The van der Waals surface area contributed by atoms with Gasteiger partial charge in [-0.2, -0.15) is 23.4 Å². The molecule has 1 aliphatic rings. The number of carbonyl (C=O) groups excluding carboxylic acids is 1. The first-order valence-electron chi connectivity index (χ1n) is 9.70. The molecule has 0 aromatic carbocycles. The highest BCUT2D eigenvalue weighted by atomic mass is 35.5. The number of amides is 1. The molecule has 0 spiro atoms. The quantitative estimate of drug-likeness (QED) is 0.640. The monoisotopic (exact) mass is 431 g/mol. The van der Waals surface area contributed by atoms with Gasteiger partial charge in [-0.25, -0.2) is 0 Å². The summed E-state index contributed by atoms with van der Waals surface area (Å²) < 4.78 is 42.0. The summed E-state index contributed by atoms with van der Waals surface area (Å²) in [6.45, 7) is 6.57. The fourth-order valence-corrected chi connectivity index (χ4v) is 3.40. The van der Waals surface area contributed by atoms with Crippen LogP contribution in [0.2, 0.25) is 5.02 Å². The number of halogens is 4. The molecule has 0 bridgehead atoms. The predicted molar refractivity (Wildman–Crippen MR) is 103 cm³/mol. The standard InChI is InChI=1S/C19H25ClF3N5O/c1-11(10-28-13(3)17(20)12(2)25-28)18(29)24-7-4-8-27-15(14-5-6-14)9-16(26-27)19(21,22)23/h9,11,14H,4-8,10H2,1-3H3,(H,24,29). The smallest absolute Gasteiger partial charge is 0.356 e. The molecule has 0 radical (unpaired) electrons. The van der Waals surface area contributed by atoms with Crippen LogP contribution in [0.3, 0.4) is 0 Å². The molecule has 1 saturated carbocycles. The summed E-state index contributed by atoms with van der Waals surface area (Å²) in [6.07, 6.45) is -2.14. The molecule has 1 fully saturated rings. The molecule has 3 rings (SSSR count). The fourth-order valence-electron chi connectivity index (χ4n) is 3.27. The largest absolute Gasteiger partial charge is 0.435 e. The Balaban J connectivity index is 1.49. The van der Waals surface area contributed by atoms with E-state index in [1.165, 1.54) is 4.68 Å². The average molecular weight is 432 g/mol. The van der Waals surface area contributed by atoms with Gasteiger partial charge in [0.05, 0.1) is 28.9 Å². The lowest BCUT2D eigenvalue weighted by Gasteiger charge is -2.14. The Morgan fingerprint density at radius 1 is 1.31 bits per heavy atom. The van der Waals surface area contributed by atoms with Crippen LogP contribution in [-0.2, 0) is 24.1 Å². The van der Waals surface area contributed by atoms with Gasteiger partial charge in [-0.3, -0.25) is 14.2 Å². The Kier molecular flexibility index (Phi) is 6.26. The van der Waals surface area contributed by atoms with Crippen molar-refractivity contribution in [1.29, 1.82) is 0 Å². The molecule has 1 atom stereocenters. The first-order valence-corrected chi connectivity index (χ1v) is 10.1. The van der Waals surface area contributed by atoms with Gasteiger partial charge in [-0.15, -0.1) is 0 Å². The maximum absolute atomic E-state index is 12.9. The van der Waals surface area contributed by atoms with Crippen LogP contribution in [-0.4, -0.2) is 32.0 Å². The van der Waals surface area contributed by atoms with E-state index < -0.39 is 11.9 Å². The van der Waals surface area contributed by atoms with Gasteiger partial charge in [0.25, 0.3) is 0 Å². The van der Waals surface area contributed by atoms with E-state index in [0.29, 0.717) is 36.8 Å². The summed E-state index contributed by atoms with van der Waals surface area (Å²) in [4.78, 5) is 12.3. The molecule has 29 heavy (non-hydrogen) atoms. The van der Waals surface area contributed by atoms with Crippen molar-refractivity contribution in [3.8, 4) is 0 Å². The van der Waals surface area contributed by atoms with Gasteiger partial charge in [0.2, 0.25) is 5.91 Å². The van der Waals surface area contributed by atoms with E-state index in [-0.39, 0.29) is 17.7 Å². The zero-order valence-corrected chi connectivity index (χ0v) is 17.4. The predicted octanol–water partition coefficient (Wildman–Crippen LogP) is 4.09. The molecular weight excluding hydrogens is 407 g/mol. The number of nitrogens with one attached hydrogen (secondary N) is 1. The average Bonchev–Trinajstić information content (AvgIpc) is 3.35. The number of carbonyl (C=O) groups is 1. The van der Waals surface area contributed by atoms with Crippen molar-refractivity contribution in [3.63, 3.8) is 0 Å². The second-order valence-electron chi connectivity index (χ2n) is 7.66. The minimum atomic E-state index is -4.44. The van der Waals surface area contributed by atoms with Gasteiger partial charge >= 0.3 is 6.18 Å². The lowest BCUT2D eigenvalue weighted by atomic mass is 10.1. The van der Waals surface area contributed by atoms with Crippen molar-refractivity contribution in [2.75, 3.05) is 6.54 Å². The Morgan fingerprint density at radius 3 is 2.55 bits per heavy atom. The number of aryl methyl sites for hydroxylation is 2. The fraction of sp³-hybridized carbons (Fsp3) is 0.632. The number of hydrogen-bond donors (Lipinski definition) is 1. The Morgan fingerprint density at radius 2 is 2.00 bits per heavy atom. The number of rotatable bonds is 8. The van der Waals surface area contributed by atoms with E-state index in [2.05, 4.69) is 15.5 Å². The Labute approximate surface area is 172 Å². The number of nitrogens with zero attached hydrogens (tertiary/aromatic N) is 4. The van der Waals surface area contributed by atoms with E-state index in [9.17, 15) is 18.0 Å². The third-order valence-corrected chi connectivity index (χ3v) is 5.68. The van der Waals surface area contributed by atoms with Gasteiger partial charge < -0.3 is 5.32 Å². The molecule has 1 amide bonds. The third kappa shape index (κ3) is 5.12. The van der Waals surface area contributed by atoms with Crippen LogP contribution >= 0.6 is 11.6 Å². The van der Waals surface area contributed by atoms with Gasteiger partial charge in [0.15, 0.2) is 5.69 Å². The third-order valence-electron chi connectivity index (χ3n) is 5.13. The molecule has 160 valence electrons. The van der Waals surface area contributed by atoms with Crippen molar-refractivity contribution in [2.45, 2.75) is 65.2 Å².